The third kappa shape index (κ3) is 2.25. The van der Waals surface area contributed by atoms with Crippen LogP contribution < -0.4 is 0 Å². The van der Waals surface area contributed by atoms with Crippen molar-refractivity contribution in [3.63, 3.8) is 0 Å². The van der Waals surface area contributed by atoms with Gasteiger partial charge in [-0.15, -0.1) is 0 Å². The maximum absolute atomic E-state index is 12.3. The van der Waals surface area contributed by atoms with Crippen molar-refractivity contribution in [2.75, 3.05) is 6.54 Å². The van der Waals surface area contributed by atoms with Crippen molar-refractivity contribution in [3.8, 4) is 0 Å². The lowest BCUT2D eigenvalue weighted by molar-refractivity contribution is -0.111. The molecular formula is C10H15N3O3S. The van der Waals surface area contributed by atoms with E-state index in [9.17, 15) is 13.2 Å². The van der Waals surface area contributed by atoms with Crippen LogP contribution in [0, 0.1) is 0 Å². The van der Waals surface area contributed by atoms with Crippen LogP contribution in [0.2, 0.25) is 0 Å². The predicted molar refractivity (Wildman–Crippen MR) is 60.8 cm³/mol. The Labute approximate surface area is 100 Å². The first-order valence-corrected chi connectivity index (χ1v) is 6.95. The van der Waals surface area contributed by atoms with Crippen LogP contribution in [0.5, 0.6) is 0 Å². The molecule has 1 aliphatic heterocycles. The molecule has 0 radical (unpaired) electrons. The molecule has 1 saturated heterocycles. The van der Waals surface area contributed by atoms with Gasteiger partial charge in [-0.3, -0.25) is 0 Å². The first-order valence-electron chi connectivity index (χ1n) is 5.51. The monoisotopic (exact) mass is 257 g/mol. The van der Waals surface area contributed by atoms with E-state index in [1.807, 2.05) is 0 Å². The van der Waals surface area contributed by atoms with E-state index >= 15 is 0 Å². The molecule has 2 rings (SSSR count). The van der Waals surface area contributed by atoms with Gasteiger partial charge < -0.3 is 9.36 Å². The zero-order chi connectivity index (χ0) is 12.5. The molecule has 0 spiro atoms. The van der Waals surface area contributed by atoms with Gasteiger partial charge in [0.15, 0.2) is 5.03 Å². The van der Waals surface area contributed by atoms with Crippen LogP contribution in [0.3, 0.4) is 0 Å². The van der Waals surface area contributed by atoms with Gasteiger partial charge in [-0.2, -0.15) is 4.31 Å². The molecular weight excluding hydrogens is 242 g/mol. The number of aryl methyl sites for hydroxylation is 1. The van der Waals surface area contributed by atoms with E-state index in [0.717, 1.165) is 12.8 Å². The van der Waals surface area contributed by atoms with Gasteiger partial charge in [-0.1, -0.05) is 6.42 Å². The summed E-state index contributed by atoms with van der Waals surface area (Å²) in [5.41, 5.74) is 0. The molecule has 1 fully saturated rings. The highest BCUT2D eigenvalue weighted by atomic mass is 32.2. The van der Waals surface area contributed by atoms with Crippen molar-refractivity contribution >= 4 is 16.3 Å². The number of piperidine rings is 1. The molecule has 94 valence electrons. The van der Waals surface area contributed by atoms with Crippen molar-refractivity contribution in [2.45, 2.75) is 30.3 Å². The smallest absolute Gasteiger partial charge is 0.262 e. The Morgan fingerprint density at radius 1 is 1.47 bits per heavy atom. The third-order valence-corrected chi connectivity index (χ3v) is 4.72. The Balaban J connectivity index is 2.34. The van der Waals surface area contributed by atoms with Crippen LogP contribution in [0.4, 0.5) is 0 Å². The maximum Gasteiger partial charge on any atom is 0.262 e. The summed E-state index contributed by atoms with van der Waals surface area (Å²) in [6.45, 7) is 0.391. The number of nitrogens with zero attached hydrogens (tertiary/aromatic N) is 3. The number of carbonyl (C=O) groups excluding carboxylic acids is 1. The minimum atomic E-state index is -3.63. The number of aromatic nitrogens is 2. The van der Waals surface area contributed by atoms with Crippen molar-refractivity contribution in [2.24, 2.45) is 7.05 Å². The zero-order valence-corrected chi connectivity index (χ0v) is 10.4. The van der Waals surface area contributed by atoms with Crippen LogP contribution in [0.1, 0.15) is 19.3 Å². The lowest BCUT2D eigenvalue weighted by atomic mass is 10.1. The average Bonchev–Trinajstić information content (AvgIpc) is 2.76. The van der Waals surface area contributed by atoms with Crippen molar-refractivity contribution in [1.29, 1.82) is 0 Å². The Morgan fingerprint density at radius 3 is 2.82 bits per heavy atom. The van der Waals surface area contributed by atoms with E-state index in [4.69, 9.17) is 0 Å². The first-order chi connectivity index (χ1) is 8.05. The molecule has 0 aromatic carbocycles. The molecule has 1 aromatic rings. The molecule has 17 heavy (non-hydrogen) atoms. The van der Waals surface area contributed by atoms with E-state index in [1.54, 1.807) is 11.6 Å². The molecule has 1 aliphatic rings. The fourth-order valence-electron chi connectivity index (χ4n) is 2.01. The summed E-state index contributed by atoms with van der Waals surface area (Å²) >= 11 is 0. The molecule has 7 heteroatoms. The molecule has 0 bridgehead atoms. The van der Waals surface area contributed by atoms with Gasteiger partial charge >= 0.3 is 0 Å². The topological polar surface area (TPSA) is 72.3 Å². The molecule has 1 aromatic heterocycles. The highest BCUT2D eigenvalue weighted by Gasteiger charge is 2.34. The second-order valence-electron chi connectivity index (χ2n) is 4.19. The van der Waals surface area contributed by atoms with E-state index in [0.29, 0.717) is 19.3 Å². The van der Waals surface area contributed by atoms with Gasteiger partial charge in [-0.25, -0.2) is 13.4 Å². The van der Waals surface area contributed by atoms with Crippen molar-refractivity contribution < 1.29 is 13.2 Å². The Hall–Kier alpha value is -1.21. The van der Waals surface area contributed by atoms with E-state index in [1.165, 1.54) is 16.8 Å². The number of aldehydes is 1. The SMILES string of the molecule is Cn1cnc(S(=O)(=O)N2CCCCC2C=O)c1. The zero-order valence-electron chi connectivity index (χ0n) is 9.61. The largest absolute Gasteiger partial charge is 0.339 e. The number of carbonyl (C=O) groups is 1. The molecule has 0 N–H and O–H groups in total. The van der Waals surface area contributed by atoms with Crippen LogP contribution in [0.25, 0.3) is 0 Å². The Morgan fingerprint density at radius 2 is 2.24 bits per heavy atom. The predicted octanol–water partition coefficient (Wildman–Crippen LogP) is 0.162. The fraction of sp³-hybridized carbons (Fsp3) is 0.600. The number of hydrogen-bond acceptors (Lipinski definition) is 4. The summed E-state index contributed by atoms with van der Waals surface area (Å²) in [4.78, 5) is 14.8. The molecule has 2 heterocycles. The van der Waals surface area contributed by atoms with Gasteiger partial charge in [0.05, 0.1) is 12.4 Å². The van der Waals surface area contributed by atoms with Crippen LogP contribution in [-0.2, 0) is 21.9 Å². The Kier molecular flexibility index (Phi) is 3.30. The van der Waals surface area contributed by atoms with Gasteiger partial charge in [0.25, 0.3) is 10.0 Å². The van der Waals surface area contributed by atoms with E-state index in [2.05, 4.69) is 4.98 Å². The first kappa shape index (κ1) is 12.3. The van der Waals surface area contributed by atoms with Crippen molar-refractivity contribution in [3.05, 3.63) is 12.5 Å². The molecule has 0 saturated carbocycles. The van der Waals surface area contributed by atoms with Gasteiger partial charge in [0.1, 0.15) is 6.29 Å². The molecule has 0 aliphatic carbocycles. The Bertz CT molecular complexity index is 509. The van der Waals surface area contributed by atoms with Gasteiger partial charge in [-0.05, 0) is 12.8 Å². The number of imidazole rings is 1. The average molecular weight is 257 g/mol. The molecule has 0 amide bonds. The quantitative estimate of drug-likeness (QED) is 0.723. The normalized spacial score (nSPS) is 22.5. The second kappa shape index (κ2) is 4.58. The summed E-state index contributed by atoms with van der Waals surface area (Å²) in [5, 5.41) is 0.00810. The summed E-state index contributed by atoms with van der Waals surface area (Å²) in [7, 11) is -1.92. The number of hydrogen-bond donors (Lipinski definition) is 0. The van der Waals surface area contributed by atoms with E-state index < -0.39 is 16.1 Å². The van der Waals surface area contributed by atoms with E-state index in [-0.39, 0.29) is 5.03 Å². The number of sulfonamides is 1. The highest BCUT2D eigenvalue weighted by Crippen LogP contribution is 2.23. The minimum Gasteiger partial charge on any atom is -0.339 e. The minimum absolute atomic E-state index is 0.00810. The summed E-state index contributed by atoms with van der Waals surface area (Å²) in [6, 6.07) is -0.546. The van der Waals surface area contributed by atoms with Gasteiger partial charge in [0, 0.05) is 19.8 Å². The fourth-order valence-corrected chi connectivity index (χ4v) is 3.61. The summed E-state index contributed by atoms with van der Waals surface area (Å²) in [6.07, 6.45) is 5.86. The lowest BCUT2D eigenvalue weighted by Gasteiger charge is -2.30. The molecule has 1 atom stereocenters. The van der Waals surface area contributed by atoms with Crippen LogP contribution >= 0.6 is 0 Å². The molecule has 6 nitrogen and oxygen atoms in total. The number of rotatable bonds is 3. The maximum atomic E-state index is 12.3. The summed E-state index contributed by atoms with van der Waals surface area (Å²) < 4.78 is 27.4. The van der Waals surface area contributed by atoms with Gasteiger partial charge in [0.2, 0.25) is 0 Å². The summed E-state index contributed by atoms with van der Waals surface area (Å²) in [5.74, 6) is 0. The highest BCUT2D eigenvalue weighted by molar-refractivity contribution is 7.89. The van der Waals surface area contributed by atoms with Crippen LogP contribution in [-0.4, -0.2) is 41.1 Å². The second-order valence-corrected chi connectivity index (χ2v) is 6.03. The standard InChI is InChI=1S/C10H15N3O3S/c1-12-6-10(11-8-12)17(15,16)13-5-3-2-4-9(13)7-14/h6-9H,2-5H2,1H3. The molecule has 1 unspecified atom stereocenters. The third-order valence-electron chi connectivity index (χ3n) is 2.91. The van der Waals surface area contributed by atoms with Crippen LogP contribution in [0.15, 0.2) is 17.6 Å². The lowest BCUT2D eigenvalue weighted by Crippen LogP contribution is -2.44. The van der Waals surface area contributed by atoms with Crippen molar-refractivity contribution in [1.82, 2.24) is 13.9 Å².